The second kappa shape index (κ2) is 9.50. The SMILES string of the molecule is O=C(CCc1nnc(Cc2ccc(-c3ccccc3)cc2)o1)N1CCCCCC1. The molecule has 29 heavy (non-hydrogen) atoms. The van der Waals surface area contributed by atoms with Crippen molar-refractivity contribution in [2.75, 3.05) is 13.1 Å². The first-order valence-corrected chi connectivity index (χ1v) is 10.5. The average Bonchev–Trinajstić information content (AvgIpc) is 3.03. The molecule has 1 aliphatic heterocycles. The van der Waals surface area contributed by atoms with E-state index in [9.17, 15) is 4.79 Å². The molecule has 0 atom stereocenters. The maximum atomic E-state index is 12.4. The second-order valence-electron chi connectivity index (χ2n) is 7.62. The lowest BCUT2D eigenvalue weighted by Gasteiger charge is -2.19. The first-order chi connectivity index (χ1) is 14.3. The van der Waals surface area contributed by atoms with Gasteiger partial charge >= 0.3 is 0 Å². The van der Waals surface area contributed by atoms with Crippen molar-refractivity contribution in [2.24, 2.45) is 0 Å². The number of aromatic nitrogens is 2. The molecule has 0 unspecified atom stereocenters. The summed E-state index contributed by atoms with van der Waals surface area (Å²) in [6, 6.07) is 18.7. The molecule has 1 fully saturated rings. The van der Waals surface area contributed by atoms with Crippen LogP contribution in [0, 0.1) is 0 Å². The second-order valence-corrected chi connectivity index (χ2v) is 7.62. The third-order valence-electron chi connectivity index (χ3n) is 5.44. The summed E-state index contributed by atoms with van der Waals surface area (Å²) >= 11 is 0. The van der Waals surface area contributed by atoms with E-state index in [1.54, 1.807) is 0 Å². The molecule has 0 aliphatic carbocycles. The van der Waals surface area contributed by atoms with Crippen LogP contribution >= 0.6 is 0 Å². The number of benzene rings is 2. The minimum Gasteiger partial charge on any atom is -0.425 e. The number of likely N-dealkylation sites (tertiary alicyclic amines) is 1. The highest BCUT2D eigenvalue weighted by atomic mass is 16.4. The fourth-order valence-corrected chi connectivity index (χ4v) is 3.77. The van der Waals surface area contributed by atoms with E-state index in [2.05, 4.69) is 46.6 Å². The average molecular weight is 389 g/mol. The standard InChI is InChI=1S/C24H27N3O2/c28-24(27-16-6-1-2-7-17-27)15-14-22-25-26-23(29-22)18-19-10-12-21(13-11-19)20-8-4-3-5-9-20/h3-5,8-13H,1-2,6-7,14-18H2. The fourth-order valence-electron chi connectivity index (χ4n) is 3.77. The molecule has 1 aromatic heterocycles. The summed E-state index contributed by atoms with van der Waals surface area (Å²) in [4.78, 5) is 14.4. The first kappa shape index (κ1) is 19.4. The van der Waals surface area contributed by atoms with Crippen LogP contribution in [0.5, 0.6) is 0 Å². The van der Waals surface area contributed by atoms with Crippen LogP contribution < -0.4 is 0 Å². The van der Waals surface area contributed by atoms with Crippen LogP contribution in [0.4, 0.5) is 0 Å². The van der Waals surface area contributed by atoms with Gasteiger partial charge < -0.3 is 9.32 Å². The summed E-state index contributed by atoms with van der Waals surface area (Å²) < 4.78 is 5.77. The van der Waals surface area contributed by atoms with Gasteiger partial charge in [-0.2, -0.15) is 0 Å². The van der Waals surface area contributed by atoms with Crippen molar-refractivity contribution in [2.45, 2.75) is 44.9 Å². The summed E-state index contributed by atoms with van der Waals surface area (Å²) in [7, 11) is 0. The fraction of sp³-hybridized carbons (Fsp3) is 0.375. The molecular weight excluding hydrogens is 362 g/mol. The quantitative estimate of drug-likeness (QED) is 0.615. The predicted octanol–water partition coefficient (Wildman–Crippen LogP) is 4.66. The Hall–Kier alpha value is -2.95. The van der Waals surface area contributed by atoms with Crippen LogP contribution in [0.3, 0.4) is 0 Å². The number of carbonyl (C=O) groups excluding carboxylic acids is 1. The molecule has 0 radical (unpaired) electrons. The molecule has 5 heteroatoms. The molecule has 0 N–H and O–H groups in total. The molecule has 2 heterocycles. The zero-order valence-corrected chi connectivity index (χ0v) is 16.7. The number of amides is 1. The van der Waals surface area contributed by atoms with Crippen LogP contribution in [-0.4, -0.2) is 34.1 Å². The zero-order valence-electron chi connectivity index (χ0n) is 16.7. The number of hydrogen-bond donors (Lipinski definition) is 0. The molecule has 1 aliphatic rings. The van der Waals surface area contributed by atoms with E-state index in [1.807, 2.05) is 23.1 Å². The predicted molar refractivity (Wildman–Crippen MR) is 112 cm³/mol. The summed E-state index contributed by atoms with van der Waals surface area (Å²) in [5, 5.41) is 8.28. The van der Waals surface area contributed by atoms with E-state index in [4.69, 9.17) is 4.42 Å². The Morgan fingerprint density at radius 1 is 0.828 bits per heavy atom. The number of nitrogens with zero attached hydrogens (tertiary/aromatic N) is 3. The number of hydrogen-bond acceptors (Lipinski definition) is 4. The third-order valence-corrected chi connectivity index (χ3v) is 5.44. The summed E-state index contributed by atoms with van der Waals surface area (Å²) in [5.41, 5.74) is 3.52. The Kier molecular flexibility index (Phi) is 6.35. The van der Waals surface area contributed by atoms with Crippen LogP contribution in [0.1, 0.15) is 49.4 Å². The molecule has 0 spiro atoms. The largest absolute Gasteiger partial charge is 0.425 e. The lowest BCUT2D eigenvalue weighted by Crippen LogP contribution is -2.31. The van der Waals surface area contributed by atoms with Gasteiger partial charge in [0, 0.05) is 25.9 Å². The Morgan fingerprint density at radius 3 is 2.21 bits per heavy atom. The molecule has 0 bridgehead atoms. The van der Waals surface area contributed by atoms with E-state index in [0.717, 1.165) is 31.5 Å². The zero-order chi connectivity index (χ0) is 19.9. The molecular formula is C24H27N3O2. The van der Waals surface area contributed by atoms with Gasteiger partial charge in [0.05, 0.1) is 6.42 Å². The number of carbonyl (C=O) groups is 1. The van der Waals surface area contributed by atoms with Crippen LogP contribution in [0.2, 0.25) is 0 Å². The van der Waals surface area contributed by atoms with E-state index < -0.39 is 0 Å². The van der Waals surface area contributed by atoms with Crippen molar-refractivity contribution in [3.05, 3.63) is 71.9 Å². The minimum absolute atomic E-state index is 0.197. The molecule has 4 rings (SSSR count). The molecule has 5 nitrogen and oxygen atoms in total. The lowest BCUT2D eigenvalue weighted by molar-refractivity contribution is -0.131. The van der Waals surface area contributed by atoms with Crippen LogP contribution in [0.15, 0.2) is 59.0 Å². The van der Waals surface area contributed by atoms with Gasteiger partial charge in [0.15, 0.2) is 0 Å². The van der Waals surface area contributed by atoms with Crippen LogP contribution in [0.25, 0.3) is 11.1 Å². The van der Waals surface area contributed by atoms with E-state index in [-0.39, 0.29) is 5.91 Å². The maximum Gasteiger partial charge on any atom is 0.223 e. The van der Waals surface area contributed by atoms with Crippen molar-refractivity contribution in [3.8, 4) is 11.1 Å². The lowest BCUT2D eigenvalue weighted by atomic mass is 10.0. The Labute approximate surface area is 171 Å². The molecule has 0 saturated carbocycles. The molecule has 150 valence electrons. The van der Waals surface area contributed by atoms with Gasteiger partial charge in [0.1, 0.15) is 0 Å². The van der Waals surface area contributed by atoms with Crippen LogP contribution in [-0.2, 0) is 17.6 Å². The first-order valence-electron chi connectivity index (χ1n) is 10.5. The van der Waals surface area contributed by atoms with Crippen molar-refractivity contribution in [1.29, 1.82) is 0 Å². The molecule has 2 aromatic carbocycles. The Balaban J connectivity index is 1.30. The molecule has 3 aromatic rings. The third kappa shape index (κ3) is 5.31. The van der Waals surface area contributed by atoms with Crippen molar-refractivity contribution >= 4 is 5.91 Å². The van der Waals surface area contributed by atoms with Crippen molar-refractivity contribution in [3.63, 3.8) is 0 Å². The van der Waals surface area contributed by atoms with E-state index >= 15 is 0 Å². The number of rotatable bonds is 6. The van der Waals surface area contributed by atoms with Gasteiger partial charge in [-0.15, -0.1) is 10.2 Å². The summed E-state index contributed by atoms with van der Waals surface area (Å²) in [6.07, 6.45) is 6.22. The highest BCUT2D eigenvalue weighted by molar-refractivity contribution is 5.76. The van der Waals surface area contributed by atoms with Gasteiger partial charge in [0.2, 0.25) is 17.7 Å². The molecule has 1 saturated heterocycles. The van der Waals surface area contributed by atoms with Gasteiger partial charge in [-0.1, -0.05) is 67.4 Å². The Bertz CT molecular complexity index is 911. The van der Waals surface area contributed by atoms with E-state index in [1.165, 1.54) is 24.0 Å². The van der Waals surface area contributed by atoms with Crippen molar-refractivity contribution in [1.82, 2.24) is 15.1 Å². The highest BCUT2D eigenvalue weighted by Crippen LogP contribution is 2.20. The van der Waals surface area contributed by atoms with Gasteiger partial charge in [-0.05, 0) is 29.5 Å². The summed E-state index contributed by atoms with van der Waals surface area (Å²) in [5.74, 6) is 1.34. The number of aryl methyl sites for hydroxylation is 1. The highest BCUT2D eigenvalue weighted by Gasteiger charge is 2.17. The summed E-state index contributed by atoms with van der Waals surface area (Å²) in [6.45, 7) is 1.76. The van der Waals surface area contributed by atoms with E-state index in [0.29, 0.717) is 31.0 Å². The minimum atomic E-state index is 0.197. The topological polar surface area (TPSA) is 59.2 Å². The molecule has 1 amide bonds. The normalized spacial score (nSPS) is 14.6. The van der Waals surface area contributed by atoms with Gasteiger partial charge in [-0.3, -0.25) is 4.79 Å². The maximum absolute atomic E-state index is 12.4. The smallest absolute Gasteiger partial charge is 0.223 e. The van der Waals surface area contributed by atoms with Crippen molar-refractivity contribution < 1.29 is 9.21 Å². The monoisotopic (exact) mass is 389 g/mol. The van der Waals surface area contributed by atoms with Gasteiger partial charge in [-0.25, -0.2) is 0 Å². The van der Waals surface area contributed by atoms with Gasteiger partial charge in [0.25, 0.3) is 0 Å². The Morgan fingerprint density at radius 2 is 1.48 bits per heavy atom.